The van der Waals surface area contributed by atoms with Crippen molar-refractivity contribution < 1.29 is 27.5 Å². The molecular weight excluding hydrogens is 410 g/mol. The van der Waals surface area contributed by atoms with E-state index in [-0.39, 0.29) is 21.4 Å². The highest BCUT2D eigenvalue weighted by Gasteiger charge is 2.63. The number of carbonyl (C=O) groups is 2. The Labute approximate surface area is 161 Å². The zero-order chi connectivity index (χ0) is 20.2. The highest BCUT2D eigenvalue weighted by atomic mass is 35.5. The second-order valence-electron chi connectivity index (χ2n) is 5.16. The summed E-state index contributed by atoms with van der Waals surface area (Å²) in [7, 11) is 0.751. The minimum absolute atomic E-state index is 0.0967. The standard InChI is InChI=1S/C16H12Cl2F3N3O3/c1-27-14(26)15(16(19,20)21,23-12-7-6-9(17)8-22-12)24-13(25)10-4-2-3-5-11(10)18/h2-8H,1H3,(H,22,23)(H,24,25). The number of nitrogens with one attached hydrogen (secondary N) is 2. The van der Waals surface area contributed by atoms with Crippen molar-refractivity contribution in [1.29, 1.82) is 0 Å². The average molecular weight is 422 g/mol. The molecule has 11 heteroatoms. The lowest BCUT2D eigenvalue weighted by atomic mass is 10.1. The van der Waals surface area contributed by atoms with Gasteiger partial charge in [0.1, 0.15) is 5.82 Å². The van der Waals surface area contributed by atoms with E-state index in [2.05, 4.69) is 9.72 Å². The van der Waals surface area contributed by atoms with Gasteiger partial charge < -0.3 is 15.4 Å². The fourth-order valence-corrected chi connectivity index (χ4v) is 2.40. The van der Waals surface area contributed by atoms with E-state index in [0.29, 0.717) is 0 Å². The topological polar surface area (TPSA) is 80.3 Å². The number of methoxy groups -OCH3 is 1. The van der Waals surface area contributed by atoms with Crippen molar-refractivity contribution in [3.8, 4) is 0 Å². The summed E-state index contributed by atoms with van der Waals surface area (Å²) < 4.78 is 46.0. The maximum atomic E-state index is 13.9. The number of nitrogens with zero attached hydrogens (tertiary/aromatic N) is 1. The predicted molar refractivity (Wildman–Crippen MR) is 92.6 cm³/mol. The molecule has 0 saturated heterocycles. The SMILES string of the molecule is COC(=O)C(NC(=O)c1ccccc1Cl)(Nc1ccc(Cl)cn1)C(F)(F)F. The average Bonchev–Trinajstić information content (AvgIpc) is 2.61. The van der Waals surface area contributed by atoms with E-state index in [4.69, 9.17) is 23.2 Å². The largest absolute Gasteiger partial charge is 0.466 e. The molecule has 144 valence electrons. The van der Waals surface area contributed by atoms with Crippen LogP contribution >= 0.6 is 23.2 Å². The summed E-state index contributed by atoms with van der Waals surface area (Å²) in [5.41, 5.74) is -3.87. The third kappa shape index (κ3) is 4.42. The maximum absolute atomic E-state index is 13.9. The minimum atomic E-state index is -5.29. The molecule has 0 aliphatic heterocycles. The Morgan fingerprint density at radius 1 is 1.11 bits per heavy atom. The zero-order valence-electron chi connectivity index (χ0n) is 13.6. The number of hydrogen-bond donors (Lipinski definition) is 2. The predicted octanol–water partition coefficient (Wildman–Crippen LogP) is 3.66. The van der Waals surface area contributed by atoms with Gasteiger partial charge in [-0.1, -0.05) is 35.3 Å². The van der Waals surface area contributed by atoms with Crippen molar-refractivity contribution in [3.05, 3.63) is 58.2 Å². The molecule has 0 spiro atoms. The molecule has 0 bridgehead atoms. The van der Waals surface area contributed by atoms with Crippen LogP contribution in [-0.4, -0.2) is 35.8 Å². The number of esters is 1. The summed E-state index contributed by atoms with van der Waals surface area (Å²) in [6.45, 7) is 0. The van der Waals surface area contributed by atoms with Crippen LogP contribution in [0.4, 0.5) is 19.0 Å². The Hall–Kier alpha value is -2.52. The fraction of sp³-hybridized carbons (Fsp3) is 0.188. The molecule has 2 rings (SSSR count). The molecule has 0 fully saturated rings. The number of anilines is 1. The van der Waals surface area contributed by atoms with Crippen molar-refractivity contribution in [1.82, 2.24) is 10.3 Å². The van der Waals surface area contributed by atoms with Crippen molar-refractivity contribution in [2.45, 2.75) is 11.8 Å². The Morgan fingerprint density at radius 3 is 2.30 bits per heavy atom. The van der Waals surface area contributed by atoms with Gasteiger partial charge in [0.25, 0.3) is 5.91 Å². The number of carbonyl (C=O) groups excluding carboxylic acids is 2. The van der Waals surface area contributed by atoms with Crippen LogP contribution in [0, 0.1) is 0 Å². The Morgan fingerprint density at radius 2 is 1.78 bits per heavy atom. The van der Waals surface area contributed by atoms with Gasteiger partial charge >= 0.3 is 17.8 Å². The van der Waals surface area contributed by atoms with Gasteiger partial charge in [0.2, 0.25) is 0 Å². The molecule has 1 aromatic carbocycles. The summed E-state index contributed by atoms with van der Waals surface area (Å²) in [5.74, 6) is -3.42. The van der Waals surface area contributed by atoms with Crippen LogP contribution in [0.15, 0.2) is 42.6 Å². The normalized spacial score (nSPS) is 13.4. The van der Waals surface area contributed by atoms with Crippen molar-refractivity contribution >= 4 is 40.9 Å². The number of aromatic nitrogens is 1. The molecule has 1 aromatic heterocycles. The molecule has 1 amide bonds. The molecule has 1 unspecified atom stereocenters. The minimum Gasteiger partial charge on any atom is -0.466 e. The van der Waals surface area contributed by atoms with Crippen LogP contribution in [0.5, 0.6) is 0 Å². The third-order valence-electron chi connectivity index (χ3n) is 3.38. The molecule has 27 heavy (non-hydrogen) atoms. The van der Waals surface area contributed by atoms with Gasteiger partial charge in [-0.3, -0.25) is 4.79 Å². The van der Waals surface area contributed by atoms with Gasteiger partial charge in [-0.25, -0.2) is 9.78 Å². The first kappa shape index (κ1) is 20.8. The molecular formula is C16H12Cl2F3N3O3. The Bertz CT molecular complexity index is 847. The fourth-order valence-electron chi connectivity index (χ4n) is 2.07. The number of pyridine rings is 1. The van der Waals surface area contributed by atoms with Gasteiger partial charge in [0.15, 0.2) is 0 Å². The Balaban J connectivity index is 2.50. The zero-order valence-corrected chi connectivity index (χ0v) is 15.1. The van der Waals surface area contributed by atoms with E-state index >= 15 is 0 Å². The summed E-state index contributed by atoms with van der Waals surface area (Å²) in [4.78, 5) is 28.2. The number of benzene rings is 1. The lowest BCUT2D eigenvalue weighted by molar-refractivity contribution is -0.203. The number of ether oxygens (including phenoxy) is 1. The monoisotopic (exact) mass is 421 g/mol. The van der Waals surface area contributed by atoms with Gasteiger partial charge in [-0.2, -0.15) is 13.2 Å². The number of amides is 1. The van der Waals surface area contributed by atoms with Gasteiger partial charge in [-0.15, -0.1) is 0 Å². The van der Waals surface area contributed by atoms with Crippen molar-refractivity contribution in [2.24, 2.45) is 0 Å². The van der Waals surface area contributed by atoms with Crippen LogP contribution in [0.25, 0.3) is 0 Å². The first-order chi connectivity index (χ1) is 12.6. The molecule has 0 saturated carbocycles. The molecule has 0 aliphatic carbocycles. The molecule has 2 N–H and O–H groups in total. The molecule has 2 aromatic rings. The number of hydrogen-bond acceptors (Lipinski definition) is 5. The van der Waals surface area contributed by atoms with Crippen LogP contribution in [-0.2, 0) is 9.53 Å². The summed E-state index contributed by atoms with van der Waals surface area (Å²) >= 11 is 11.5. The third-order valence-corrected chi connectivity index (χ3v) is 3.93. The van der Waals surface area contributed by atoms with Crippen molar-refractivity contribution in [2.75, 3.05) is 12.4 Å². The van der Waals surface area contributed by atoms with Gasteiger partial charge in [0, 0.05) is 6.20 Å². The summed E-state index contributed by atoms with van der Waals surface area (Å²) in [6, 6.07) is 7.78. The number of rotatable bonds is 5. The quantitative estimate of drug-likeness (QED) is 0.568. The van der Waals surface area contributed by atoms with Crippen LogP contribution in [0.1, 0.15) is 10.4 Å². The molecule has 1 atom stereocenters. The van der Waals surface area contributed by atoms with E-state index in [1.54, 1.807) is 5.32 Å². The maximum Gasteiger partial charge on any atom is 0.441 e. The second kappa shape index (κ2) is 8.01. The van der Waals surface area contributed by atoms with E-state index in [9.17, 15) is 22.8 Å². The van der Waals surface area contributed by atoms with Gasteiger partial charge in [0.05, 0.1) is 22.7 Å². The Kier molecular flexibility index (Phi) is 6.17. The van der Waals surface area contributed by atoms with E-state index in [1.165, 1.54) is 30.3 Å². The van der Waals surface area contributed by atoms with E-state index in [1.807, 2.05) is 5.32 Å². The smallest absolute Gasteiger partial charge is 0.441 e. The highest BCUT2D eigenvalue weighted by molar-refractivity contribution is 6.34. The lowest BCUT2D eigenvalue weighted by Crippen LogP contribution is -2.69. The first-order valence-electron chi connectivity index (χ1n) is 7.22. The van der Waals surface area contributed by atoms with Gasteiger partial charge in [-0.05, 0) is 24.3 Å². The molecule has 6 nitrogen and oxygen atoms in total. The van der Waals surface area contributed by atoms with E-state index < -0.39 is 23.7 Å². The molecule has 1 heterocycles. The van der Waals surface area contributed by atoms with Crippen LogP contribution < -0.4 is 10.6 Å². The number of alkyl halides is 3. The lowest BCUT2D eigenvalue weighted by Gasteiger charge is -2.34. The first-order valence-corrected chi connectivity index (χ1v) is 7.98. The van der Waals surface area contributed by atoms with E-state index in [0.717, 1.165) is 19.4 Å². The molecule has 0 aliphatic rings. The number of halogens is 5. The van der Waals surface area contributed by atoms with Crippen LogP contribution in [0.2, 0.25) is 10.0 Å². The second-order valence-corrected chi connectivity index (χ2v) is 6.00. The summed E-state index contributed by atoms with van der Waals surface area (Å²) in [5, 5.41) is 3.59. The van der Waals surface area contributed by atoms with Crippen LogP contribution in [0.3, 0.4) is 0 Å². The summed E-state index contributed by atoms with van der Waals surface area (Å²) in [6.07, 6.45) is -4.23. The van der Waals surface area contributed by atoms with Crippen molar-refractivity contribution in [3.63, 3.8) is 0 Å². The molecule has 0 radical (unpaired) electrons. The highest BCUT2D eigenvalue weighted by Crippen LogP contribution is 2.33.